The van der Waals surface area contributed by atoms with Gasteiger partial charge in [0.1, 0.15) is 0 Å². The van der Waals surface area contributed by atoms with E-state index in [0.717, 1.165) is 10.6 Å². The van der Waals surface area contributed by atoms with E-state index in [0.29, 0.717) is 20.6 Å². The van der Waals surface area contributed by atoms with Crippen molar-refractivity contribution in [2.24, 2.45) is 0 Å². The minimum atomic E-state index is -0.988. The molecular formula is C14H11Cl2NO2S. The third-order valence-corrected chi connectivity index (χ3v) is 4.40. The highest BCUT2D eigenvalue weighted by Gasteiger charge is 2.16. The Morgan fingerprint density at radius 1 is 1.20 bits per heavy atom. The molecule has 104 valence electrons. The third-order valence-electron chi connectivity index (χ3n) is 2.62. The first-order valence-electron chi connectivity index (χ1n) is 5.73. The molecule has 0 fully saturated rings. The van der Waals surface area contributed by atoms with Gasteiger partial charge in [-0.3, -0.25) is 4.98 Å². The minimum Gasteiger partial charge on any atom is -0.478 e. The summed E-state index contributed by atoms with van der Waals surface area (Å²) in [5, 5.41) is 10.2. The molecule has 1 heterocycles. The smallest absolute Gasteiger partial charge is 0.338 e. The summed E-state index contributed by atoms with van der Waals surface area (Å²) in [5.74, 6) is -0.988. The van der Waals surface area contributed by atoms with E-state index in [1.54, 1.807) is 31.2 Å². The van der Waals surface area contributed by atoms with Crippen LogP contribution >= 0.6 is 35.0 Å². The number of aromatic carboxylic acids is 1. The van der Waals surface area contributed by atoms with Crippen LogP contribution in [-0.4, -0.2) is 16.1 Å². The Morgan fingerprint density at radius 3 is 2.50 bits per heavy atom. The summed E-state index contributed by atoms with van der Waals surface area (Å²) < 4.78 is 0. The zero-order valence-corrected chi connectivity index (χ0v) is 13.1. The monoisotopic (exact) mass is 327 g/mol. The fourth-order valence-corrected chi connectivity index (χ4v) is 3.30. The standard InChI is InChI=1S/C14H11Cl2NO2S/c1-7-5-12(13(14(18)19)8(2)17-7)20-9-3-4-10(15)11(16)6-9/h3-6H,1-2H3,(H,18,19). The first-order chi connectivity index (χ1) is 9.38. The maximum atomic E-state index is 11.4. The van der Waals surface area contributed by atoms with Crippen LogP contribution in [0.2, 0.25) is 10.0 Å². The van der Waals surface area contributed by atoms with Crippen molar-refractivity contribution in [3.63, 3.8) is 0 Å². The van der Waals surface area contributed by atoms with Crippen molar-refractivity contribution < 1.29 is 9.90 Å². The van der Waals surface area contributed by atoms with Crippen LogP contribution in [-0.2, 0) is 0 Å². The summed E-state index contributed by atoms with van der Waals surface area (Å²) in [6, 6.07) is 6.96. The lowest BCUT2D eigenvalue weighted by Crippen LogP contribution is -2.05. The lowest BCUT2D eigenvalue weighted by Gasteiger charge is -2.10. The highest BCUT2D eigenvalue weighted by Crippen LogP contribution is 2.35. The molecule has 3 nitrogen and oxygen atoms in total. The molecule has 0 bridgehead atoms. The van der Waals surface area contributed by atoms with E-state index >= 15 is 0 Å². The lowest BCUT2D eigenvalue weighted by molar-refractivity contribution is 0.0691. The number of carboxylic acid groups (broad SMARTS) is 1. The quantitative estimate of drug-likeness (QED) is 0.874. The molecule has 0 radical (unpaired) electrons. The molecule has 1 N–H and O–H groups in total. The molecule has 0 spiro atoms. The van der Waals surface area contributed by atoms with Gasteiger partial charge in [0.2, 0.25) is 0 Å². The minimum absolute atomic E-state index is 0.215. The molecule has 0 aliphatic carbocycles. The Hall–Kier alpha value is -1.23. The number of pyridine rings is 1. The maximum absolute atomic E-state index is 11.4. The molecule has 1 aromatic carbocycles. The molecule has 2 rings (SSSR count). The molecule has 0 aliphatic heterocycles. The van der Waals surface area contributed by atoms with E-state index in [4.69, 9.17) is 23.2 Å². The summed E-state index contributed by atoms with van der Waals surface area (Å²) in [7, 11) is 0. The highest BCUT2D eigenvalue weighted by atomic mass is 35.5. The van der Waals surface area contributed by atoms with E-state index in [2.05, 4.69) is 4.98 Å². The van der Waals surface area contributed by atoms with Gasteiger partial charge in [-0.15, -0.1) is 0 Å². The molecule has 0 unspecified atom stereocenters. The van der Waals surface area contributed by atoms with Gasteiger partial charge in [-0.05, 0) is 38.1 Å². The van der Waals surface area contributed by atoms with Gasteiger partial charge in [-0.25, -0.2) is 4.79 Å². The maximum Gasteiger partial charge on any atom is 0.338 e. The number of carboxylic acids is 1. The Balaban J connectivity index is 2.47. The third kappa shape index (κ3) is 3.26. The van der Waals surface area contributed by atoms with Gasteiger partial charge in [0, 0.05) is 15.5 Å². The fraction of sp³-hybridized carbons (Fsp3) is 0.143. The van der Waals surface area contributed by atoms with Gasteiger partial charge in [0.15, 0.2) is 0 Å². The van der Waals surface area contributed by atoms with Crippen molar-refractivity contribution >= 4 is 40.9 Å². The second kappa shape index (κ2) is 6.04. The fourth-order valence-electron chi connectivity index (χ4n) is 1.80. The molecule has 0 saturated carbocycles. The van der Waals surface area contributed by atoms with E-state index in [1.807, 2.05) is 6.92 Å². The Labute approximate surface area is 130 Å². The van der Waals surface area contributed by atoms with Crippen molar-refractivity contribution in [2.45, 2.75) is 23.6 Å². The number of carbonyl (C=O) groups is 1. The summed E-state index contributed by atoms with van der Waals surface area (Å²) in [6.07, 6.45) is 0. The summed E-state index contributed by atoms with van der Waals surface area (Å²) in [5.41, 5.74) is 1.49. The molecule has 1 aromatic heterocycles. The van der Waals surface area contributed by atoms with E-state index in [9.17, 15) is 9.90 Å². The predicted octanol–water partition coefficient (Wildman–Crippen LogP) is 4.85. The van der Waals surface area contributed by atoms with Gasteiger partial charge in [-0.2, -0.15) is 0 Å². The molecular weight excluding hydrogens is 317 g/mol. The Morgan fingerprint density at radius 2 is 1.90 bits per heavy atom. The van der Waals surface area contributed by atoms with Crippen LogP contribution in [0.3, 0.4) is 0 Å². The normalized spacial score (nSPS) is 10.6. The van der Waals surface area contributed by atoms with Crippen LogP contribution in [0.4, 0.5) is 0 Å². The van der Waals surface area contributed by atoms with Crippen LogP contribution in [0.15, 0.2) is 34.1 Å². The lowest BCUT2D eigenvalue weighted by atomic mass is 10.2. The second-order valence-corrected chi connectivity index (χ2v) is 6.14. The van der Waals surface area contributed by atoms with Gasteiger partial charge < -0.3 is 5.11 Å². The molecule has 0 saturated heterocycles. The molecule has 6 heteroatoms. The van der Waals surface area contributed by atoms with Crippen molar-refractivity contribution in [2.75, 3.05) is 0 Å². The first kappa shape index (κ1) is 15.2. The van der Waals surface area contributed by atoms with Crippen LogP contribution in [0.5, 0.6) is 0 Å². The summed E-state index contributed by atoms with van der Waals surface area (Å²) >= 11 is 13.2. The predicted molar refractivity (Wildman–Crippen MR) is 81.3 cm³/mol. The summed E-state index contributed by atoms with van der Waals surface area (Å²) in [4.78, 5) is 17.0. The summed E-state index contributed by atoms with van der Waals surface area (Å²) in [6.45, 7) is 3.52. The van der Waals surface area contributed by atoms with Crippen molar-refractivity contribution in [3.05, 3.63) is 51.3 Å². The topological polar surface area (TPSA) is 50.2 Å². The van der Waals surface area contributed by atoms with E-state index in [-0.39, 0.29) is 5.56 Å². The van der Waals surface area contributed by atoms with Crippen LogP contribution < -0.4 is 0 Å². The molecule has 0 atom stereocenters. The van der Waals surface area contributed by atoms with Gasteiger partial charge in [-0.1, -0.05) is 35.0 Å². The number of hydrogen-bond donors (Lipinski definition) is 1. The van der Waals surface area contributed by atoms with Crippen molar-refractivity contribution in [3.8, 4) is 0 Å². The van der Waals surface area contributed by atoms with Crippen molar-refractivity contribution in [1.29, 1.82) is 0 Å². The van der Waals surface area contributed by atoms with E-state index in [1.165, 1.54) is 11.8 Å². The number of nitrogens with zero attached hydrogens (tertiary/aromatic N) is 1. The van der Waals surface area contributed by atoms with Crippen LogP contribution in [0.25, 0.3) is 0 Å². The zero-order chi connectivity index (χ0) is 14.9. The Bertz CT molecular complexity index is 689. The molecule has 2 aromatic rings. The number of hydrogen-bond acceptors (Lipinski definition) is 3. The number of halogens is 2. The first-order valence-corrected chi connectivity index (χ1v) is 7.30. The van der Waals surface area contributed by atoms with Gasteiger partial charge in [0.25, 0.3) is 0 Å². The Kier molecular flexibility index (Phi) is 4.58. The largest absolute Gasteiger partial charge is 0.478 e. The van der Waals surface area contributed by atoms with Crippen molar-refractivity contribution in [1.82, 2.24) is 4.98 Å². The number of benzene rings is 1. The highest BCUT2D eigenvalue weighted by molar-refractivity contribution is 7.99. The average molecular weight is 328 g/mol. The molecule has 0 aliphatic rings. The SMILES string of the molecule is Cc1cc(Sc2ccc(Cl)c(Cl)c2)c(C(=O)O)c(C)n1. The second-order valence-electron chi connectivity index (χ2n) is 4.21. The van der Waals surface area contributed by atoms with Crippen LogP contribution in [0, 0.1) is 13.8 Å². The molecule has 20 heavy (non-hydrogen) atoms. The molecule has 0 amide bonds. The van der Waals surface area contributed by atoms with Gasteiger partial charge in [0.05, 0.1) is 21.3 Å². The average Bonchev–Trinajstić information content (AvgIpc) is 2.32. The van der Waals surface area contributed by atoms with E-state index < -0.39 is 5.97 Å². The number of aryl methyl sites for hydroxylation is 2. The number of aromatic nitrogens is 1. The van der Waals surface area contributed by atoms with Gasteiger partial charge >= 0.3 is 5.97 Å². The zero-order valence-electron chi connectivity index (χ0n) is 10.8. The number of rotatable bonds is 3. The van der Waals surface area contributed by atoms with Crippen LogP contribution in [0.1, 0.15) is 21.7 Å².